The molecule has 0 aromatic heterocycles. The SMILES string of the molecule is O[C@@H](COc1c(Cl)cccc1Cl)CN1CCCC1. The number of aliphatic hydroxyl groups is 1. The summed E-state index contributed by atoms with van der Waals surface area (Å²) in [4.78, 5) is 2.24. The Labute approximate surface area is 117 Å². The summed E-state index contributed by atoms with van der Waals surface area (Å²) in [6, 6.07) is 5.20. The zero-order valence-electron chi connectivity index (χ0n) is 10.1. The van der Waals surface area contributed by atoms with E-state index >= 15 is 0 Å². The third-order valence-electron chi connectivity index (χ3n) is 3.01. The summed E-state index contributed by atoms with van der Waals surface area (Å²) in [6.45, 7) is 2.97. The van der Waals surface area contributed by atoms with Crippen molar-refractivity contribution in [2.45, 2.75) is 18.9 Å². The van der Waals surface area contributed by atoms with E-state index in [1.165, 1.54) is 12.8 Å². The number of aliphatic hydroxyl groups excluding tert-OH is 1. The van der Waals surface area contributed by atoms with Crippen molar-refractivity contribution in [3.63, 3.8) is 0 Å². The Bertz CT molecular complexity index is 374. The van der Waals surface area contributed by atoms with Crippen LogP contribution in [0.5, 0.6) is 5.75 Å². The van der Waals surface area contributed by atoms with Crippen LogP contribution < -0.4 is 4.74 Å². The van der Waals surface area contributed by atoms with Gasteiger partial charge in [-0.2, -0.15) is 0 Å². The number of hydrogen-bond donors (Lipinski definition) is 1. The lowest BCUT2D eigenvalue weighted by atomic mass is 10.3. The second-order valence-corrected chi connectivity index (χ2v) is 5.34. The second kappa shape index (κ2) is 6.62. The highest BCUT2D eigenvalue weighted by Crippen LogP contribution is 2.32. The molecule has 1 aromatic rings. The van der Waals surface area contributed by atoms with E-state index in [9.17, 15) is 5.11 Å². The number of rotatable bonds is 5. The minimum absolute atomic E-state index is 0.208. The largest absolute Gasteiger partial charge is 0.488 e. The van der Waals surface area contributed by atoms with Crippen molar-refractivity contribution < 1.29 is 9.84 Å². The van der Waals surface area contributed by atoms with E-state index in [2.05, 4.69) is 4.90 Å². The molecule has 1 aliphatic rings. The number of ether oxygens (including phenoxy) is 1. The van der Waals surface area contributed by atoms with Crippen molar-refractivity contribution in [2.24, 2.45) is 0 Å². The first-order valence-electron chi connectivity index (χ1n) is 6.14. The van der Waals surface area contributed by atoms with Crippen LogP contribution in [0.25, 0.3) is 0 Å². The van der Waals surface area contributed by atoms with Gasteiger partial charge in [0.15, 0.2) is 5.75 Å². The number of β-amino-alcohol motifs (C(OH)–C–C–N with tert-alkyl or cyclic N) is 1. The van der Waals surface area contributed by atoms with Crippen LogP contribution in [0, 0.1) is 0 Å². The van der Waals surface area contributed by atoms with E-state index in [0.717, 1.165) is 13.1 Å². The van der Waals surface area contributed by atoms with Gasteiger partial charge in [-0.05, 0) is 38.1 Å². The average Bonchev–Trinajstić information content (AvgIpc) is 2.81. The molecule has 1 aromatic carbocycles. The Morgan fingerprint density at radius 1 is 1.22 bits per heavy atom. The molecule has 0 saturated carbocycles. The Balaban J connectivity index is 1.83. The zero-order chi connectivity index (χ0) is 13.0. The van der Waals surface area contributed by atoms with Crippen LogP contribution in [0.15, 0.2) is 18.2 Å². The van der Waals surface area contributed by atoms with Gasteiger partial charge in [-0.3, -0.25) is 0 Å². The Kier molecular flexibility index (Phi) is 5.13. The second-order valence-electron chi connectivity index (χ2n) is 4.52. The molecule has 1 saturated heterocycles. The van der Waals surface area contributed by atoms with Crippen molar-refractivity contribution in [1.29, 1.82) is 0 Å². The molecule has 1 atom stereocenters. The molecule has 1 N–H and O–H groups in total. The van der Waals surface area contributed by atoms with Crippen LogP contribution in [0.3, 0.4) is 0 Å². The minimum atomic E-state index is -0.518. The van der Waals surface area contributed by atoms with Crippen molar-refractivity contribution in [3.8, 4) is 5.75 Å². The number of para-hydroxylation sites is 1. The molecule has 5 heteroatoms. The van der Waals surface area contributed by atoms with Crippen LogP contribution in [-0.4, -0.2) is 42.4 Å². The number of benzene rings is 1. The molecule has 18 heavy (non-hydrogen) atoms. The monoisotopic (exact) mass is 289 g/mol. The number of halogens is 2. The molecular weight excluding hydrogens is 273 g/mol. The van der Waals surface area contributed by atoms with Crippen LogP contribution in [0.4, 0.5) is 0 Å². The maximum absolute atomic E-state index is 9.90. The molecule has 3 nitrogen and oxygen atoms in total. The van der Waals surface area contributed by atoms with Gasteiger partial charge in [0, 0.05) is 6.54 Å². The highest BCUT2D eigenvalue weighted by Gasteiger charge is 2.17. The Morgan fingerprint density at radius 3 is 2.44 bits per heavy atom. The first-order valence-corrected chi connectivity index (χ1v) is 6.89. The molecule has 0 bridgehead atoms. The smallest absolute Gasteiger partial charge is 0.156 e. The van der Waals surface area contributed by atoms with Gasteiger partial charge in [0.2, 0.25) is 0 Å². The van der Waals surface area contributed by atoms with Gasteiger partial charge in [0.05, 0.1) is 10.0 Å². The maximum Gasteiger partial charge on any atom is 0.156 e. The van der Waals surface area contributed by atoms with E-state index in [4.69, 9.17) is 27.9 Å². The summed E-state index contributed by atoms with van der Waals surface area (Å²) in [5, 5.41) is 10.8. The van der Waals surface area contributed by atoms with Crippen LogP contribution >= 0.6 is 23.2 Å². The topological polar surface area (TPSA) is 32.7 Å². The predicted octanol–water partition coefficient (Wildman–Crippen LogP) is 2.83. The highest BCUT2D eigenvalue weighted by atomic mass is 35.5. The molecule has 1 heterocycles. The third-order valence-corrected chi connectivity index (χ3v) is 3.60. The zero-order valence-corrected chi connectivity index (χ0v) is 11.6. The van der Waals surface area contributed by atoms with Gasteiger partial charge in [-0.15, -0.1) is 0 Å². The summed E-state index contributed by atoms with van der Waals surface area (Å²) in [6.07, 6.45) is 1.91. The summed E-state index contributed by atoms with van der Waals surface area (Å²) in [5.74, 6) is 0.446. The van der Waals surface area contributed by atoms with Gasteiger partial charge < -0.3 is 14.7 Å². The molecule has 0 spiro atoms. The molecule has 100 valence electrons. The summed E-state index contributed by atoms with van der Waals surface area (Å²) >= 11 is 12.0. The molecule has 0 aliphatic carbocycles. The third kappa shape index (κ3) is 3.75. The maximum atomic E-state index is 9.90. The number of likely N-dealkylation sites (tertiary alicyclic amines) is 1. The first kappa shape index (κ1) is 13.9. The van der Waals surface area contributed by atoms with Crippen LogP contribution in [0.2, 0.25) is 10.0 Å². The van der Waals surface area contributed by atoms with Crippen molar-refractivity contribution in [2.75, 3.05) is 26.2 Å². The van der Waals surface area contributed by atoms with E-state index in [-0.39, 0.29) is 6.61 Å². The molecule has 0 radical (unpaired) electrons. The number of hydrogen-bond acceptors (Lipinski definition) is 3. The van der Waals surface area contributed by atoms with Gasteiger partial charge in [0.25, 0.3) is 0 Å². The van der Waals surface area contributed by atoms with Gasteiger partial charge >= 0.3 is 0 Å². The average molecular weight is 290 g/mol. The molecule has 2 rings (SSSR count). The minimum Gasteiger partial charge on any atom is -0.488 e. The van der Waals surface area contributed by atoms with Crippen molar-refractivity contribution >= 4 is 23.2 Å². The normalized spacial score (nSPS) is 17.9. The van der Waals surface area contributed by atoms with Crippen LogP contribution in [-0.2, 0) is 0 Å². The fraction of sp³-hybridized carbons (Fsp3) is 0.538. The molecular formula is C13H17Cl2NO2. The fourth-order valence-corrected chi connectivity index (χ4v) is 2.62. The lowest BCUT2D eigenvalue weighted by molar-refractivity contribution is 0.0759. The van der Waals surface area contributed by atoms with Gasteiger partial charge in [-0.1, -0.05) is 29.3 Å². The summed E-state index contributed by atoms with van der Waals surface area (Å²) in [5.41, 5.74) is 0. The predicted molar refractivity (Wildman–Crippen MR) is 73.6 cm³/mol. The summed E-state index contributed by atoms with van der Waals surface area (Å²) in [7, 11) is 0. The summed E-state index contributed by atoms with van der Waals surface area (Å²) < 4.78 is 5.50. The molecule has 0 amide bonds. The lowest BCUT2D eigenvalue weighted by Crippen LogP contribution is -2.33. The molecule has 0 unspecified atom stereocenters. The van der Waals surface area contributed by atoms with Crippen LogP contribution in [0.1, 0.15) is 12.8 Å². The number of nitrogens with zero attached hydrogens (tertiary/aromatic N) is 1. The van der Waals surface area contributed by atoms with E-state index < -0.39 is 6.10 Å². The standard InChI is InChI=1S/C13H17Cl2NO2/c14-11-4-3-5-12(15)13(11)18-9-10(17)8-16-6-1-2-7-16/h3-5,10,17H,1-2,6-9H2/t10-/m1/s1. The quantitative estimate of drug-likeness (QED) is 0.905. The van der Waals surface area contributed by atoms with Gasteiger partial charge in [0.1, 0.15) is 12.7 Å². The Morgan fingerprint density at radius 2 is 1.83 bits per heavy atom. The van der Waals surface area contributed by atoms with Crippen molar-refractivity contribution in [1.82, 2.24) is 4.90 Å². The van der Waals surface area contributed by atoms with E-state index in [1.54, 1.807) is 18.2 Å². The highest BCUT2D eigenvalue weighted by molar-refractivity contribution is 6.37. The van der Waals surface area contributed by atoms with E-state index in [1.807, 2.05) is 0 Å². The Hall–Kier alpha value is -0.480. The first-order chi connectivity index (χ1) is 8.66. The molecule has 1 aliphatic heterocycles. The van der Waals surface area contributed by atoms with Gasteiger partial charge in [-0.25, -0.2) is 0 Å². The van der Waals surface area contributed by atoms with E-state index in [0.29, 0.717) is 22.3 Å². The fourth-order valence-electron chi connectivity index (χ4n) is 2.12. The van der Waals surface area contributed by atoms with Crippen molar-refractivity contribution in [3.05, 3.63) is 28.2 Å². The molecule has 1 fully saturated rings. The lowest BCUT2D eigenvalue weighted by Gasteiger charge is -2.20.